The fourth-order valence-electron chi connectivity index (χ4n) is 2.34. The van der Waals surface area contributed by atoms with E-state index in [1.807, 2.05) is 24.3 Å². The summed E-state index contributed by atoms with van der Waals surface area (Å²) in [7, 11) is 3.27. The second kappa shape index (κ2) is 7.60. The number of phenolic OH excluding ortho intramolecular Hbond substituents is 1. The molecule has 0 saturated carbocycles. The molecule has 0 bridgehead atoms. The standard InChI is InChI=1S/C19H18N4O3/c1-23(2)19(25)16-9-13(3-8-17(16)24)10-21-22-15-6-4-14(5-7-15)18-11-20-12-26-18/h3-9,11-12,24H,10H2,1-2H3. The highest BCUT2D eigenvalue weighted by Crippen LogP contribution is 2.23. The molecule has 0 radical (unpaired) electrons. The van der Waals surface area contributed by atoms with Crippen molar-refractivity contribution < 1.29 is 14.3 Å². The van der Waals surface area contributed by atoms with Crippen LogP contribution in [0.1, 0.15) is 15.9 Å². The number of carbonyl (C=O) groups excluding carboxylic acids is 1. The third kappa shape index (κ3) is 3.94. The fourth-order valence-corrected chi connectivity index (χ4v) is 2.34. The Morgan fingerprint density at radius 1 is 1.19 bits per heavy atom. The molecule has 1 amide bonds. The lowest BCUT2D eigenvalue weighted by Gasteiger charge is -2.12. The van der Waals surface area contributed by atoms with Gasteiger partial charge in [0.15, 0.2) is 12.2 Å². The predicted molar refractivity (Wildman–Crippen MR) is 96.3 cm³/mol. The van der Waals surface area contributed by atoms with E-state index in [0.29, 0.717) is 18.0 Å². The molecule has 1 N–H and O–H groups in total. The molecule has 0 aliphatic carbocycles. The van der Waals surface area contributed by atoms with E-state index in [0.717, 1.165) is 11.1 Å². The van der Waals surface area contributed by atoms with Crippen molar-refractivity contribution in [2.45, 2.75) is 6.54 Å². The quantitative estimate of drug-likeness (QED) is 0.703. The number of aromatic hydroxyl groups is 1. The maximum atomic E-state index is 12.0. The molecule has 7 heteroatoms. The normalized spacial score (nSPS) is 11.0. The number of oxazole rings is 1. The molecule has 0 spiro atoms. The van der Waals surface area contributed by atoms with Gasteiger partial charge in [-0.2, -0.15) is 10.2 Å². The summed E-state index contributed by atoms with van der Waals surface area (Å²) in [5.74, 6) is 0.382. The van der Waals surface area contributed by atoms with Gasteiger partial charge in [-0.15, -0.1) is 0 Å². The molecule has 2 aromatic carbocycles. The molecular formula is C19H18N4O3. The maximum absolute atomic E-state index is 12.0. The van der Waals surface area contributed by atoms with Crippen molar-refractivity contribution in [3.8, 4) is 17.1 Å². The molecule has 0 aliphatic heterocycles. The third-order valence-corrected chi connectivity index (χ3v) is 3.72. The van der Waals surface area contributed by atoms with E-state index >= 15 is 0 Å². The summed E-state index contributed by atoms with van der Waals surface area (Å²) in [5, 5.41) is 18.2. The van der Waals surface area contributed by atoms with E-state index < -0.39 is 0 Å². The molecular weight excluding hydrogens is 332 g/mol. The van der Waals surface area contributed by atoms with Crippen LogP contribution in [0.25, 0.3) is 11.3 Å². The van der Waals surface area contributed by atoms with Gasteiger partial charge in [0, 0.05) is 19.7 Å². The Bertz CT molecular complexity index is 916. The van der Waals surface area contributed by atoms with Gasteiger partial charge in [0.1, 0.15) is 5.75 Å². The van der Waals surface area contributed by atoms with Crippen LogP contribution in [0, 0.1) is 0 Å². The van der Waals surface area contributed by atoms with Crippen molar-refractivity contribution >= 4 is 11.6 Å². The molecule has 3 aromatic rings. The molecule has 1 aromatic heterocycles. The van der Waals surface area contributed by atoms with Crippen molar-refractivity contribution in [3.05, 3.63) is 66.2 Å². The molecule has 0 fully saturated rings. The van der Waals surface area contributed by atoms with Gasteiger partial charge < -0.3 is 14.4 Å². The second-order valence-corrected chi connectivity index (χ2v) is 5.86. The lowest BCUT2D eigenvalue weighted by Crippen LogP contribution is -2.21. The van der Waals surface area contributed by atoms with Crippen molar-refractivity contribution in [2.75, 3.05) is 14.1 Å². The lowest BCUT2D eigenvalue weighted by molar-refractivity contribution is 0.0824. The van der Waals surface area contributed by atoms with E-state index in [4.69, 9.17) is 4.42 Å². The molecule has 1 heterocycles. The average molecular weight is 350 g/mol. The minimum Gasteiger partial charge on any atom is -0.507 e. The number of benzene rings is 2. The molecule has 26 heavy (non-hydrogen) atoms. The second-order valence-electron chi connectivity index (χ2n) is 5.86. The van der Waals surface area contributed by atoms with Gasteiger partial charge in [0.25, 0.3) is 5.91 Å². The maximum Gasteiger partial charge on any atom is 0.257 e. The molecule has 7 nitrogen and oxygen atoms in total. The molecule has 0 unspecified atom stereocenters. The first-order chi connectivity index (χ1) is 12.5. The van der Waals surface area contributed by atoms with E-state index in [-0.39, 0.29) is 17.2 Å². The molecule has 0 aliphatic rings. The van der Waals surface area contributed by atoms with E-state index in [1.165, 1.54) is 17.4 Å². The third-order valence-electron chi connectivity index (χ3n) is 3.72. The summed E-state index contributed by atoms with van der Waals surface area (Å²) in [6.07, 6.45) is 3.03. The Balaban J connectivity index is 1.69. The number of hydrogen-bond acceptors (Lipinski definition) is 6. The first kappa shape index (κ1) is 17.3. The van der Waals surface area contributed by atoms with E-state index in [9.17, 15) is 9.90 Å². The van der Waals surface area contributed by atoms with Crippen LogP contribution < -0.4 is 0 Å². The Hall–Kier alpha value is -3.48. The van der Waals surface area contributed by atoms with Gasteiger partial charge in [-0.1, -0.05) is 6.07 Å². The monoisotopic (exact) mass is 350 g/mol. The van der Waals surface area contributed by atoms with Crippen molar-refractivity contribution in [3.63, 3.8) is 0 Å². The average Bonchev–Trinajstić information content (AvgIpc) is 3.18. The van der Waals surface area contributed by atoms with Gasteiger partial charge in [-0.25, -0.2) is 4.98 Å². The zero-order valence-corrected chi connectivity index (χ0v) is 14.5. The number of amides is 1. The van der Waals surface area contributed by atoms with E-state index in [2.05, 4.69) is 15.2 Å². The Morgan fingerprint density at radius 3 is 2.62 bits per heavy atom. The van der Waals surface area contributed by atoms with Gasteiger partial charge in [0.2, 0.25) is 0 Å². The van der Waals surface area contributed by atoms with Crippen LogP contribution in [-0.4, -0.2) is 35.0 Å². The summed E-state index contributed by atoms with van der Waals surface area (Å²) in [6.45, 7) is 0.303. The van der Waals surface area contributed by atoms with Crippen molar-refractivity contribution in [2.24, 2.45) is 10.2 Å². The summed E-state index contributed by atoms with van der Waals surface area (Å²) >= 11 is 0. The highest BCUT2D eigenvalue weighted by atomic mass is 16.3. The summed E-state index contributed by atoms with van der Waals surface area (Å²) in [4.78, 5) is 17.3. The number of azo groups is 1. The number of aromatic nitrogens is 1. The topological polar surface area (TPSA) is 91.3 Å². The zero-order valence-electron chi connectivity index (χ0n) is 14.5. The number of hydrogen-bond donors (Lipinski definition) is 1. The molecule has 3 rings (SSSR count). The summed E-state index contributed by atoms with van der Waals surface area (Å²) < 4.78 is 5.24. The molecule has 0 saturated heterocycles. The lowest BCUT2D eigenvalue weighted by atomic mass is 10.1. The fraction of sp³-hybridized carbons (Fsp3) is 0.158. The predicted octanol–water partition coefficient (Wildman–Crippen LogP) is 4.03. The van der Waals surface area contributed by atoms with Crippen LogP contribution in [-0.2, 0) is 6.54 Å². The van der Waals surface area contributed by atoms with Crippen LogP contribution in [0.15, 0.2) is 69.7 Å². The SMILES string of the molecule is CN(C)C(=O)c1cc(CN=Nc2ccc(-c3cnco3)cc2)ccc1O. The van der Waals surface area contributed by atoms with Gasteiger partial charge >= 0.3 is 0 Å². The van der Waals surface area contributed by atoms with Crippen LogP contribution >= 0.6 is 0 Å². The van der Waals surface area contributed by atoms with Crippen molar-refractivity contribution in [1.82, 2.24) is 9.88 Å². The highest BCUT2D eigenvalue weighted by molar-refractivity contribution is 5.96. The van der Waals surface area contributed by atoms with Gasteiger partial charge in [-0.05, 0) is 42.0 Å². The molecule has 132 valence electrons. The zero-order chi connectivity index (χ0) is 18.5. The largest absolute Gasteiger partial charge is 0.507 e. The summed E-state index contributed by atoms with van der Waals surface area (Å²) in [6, 6.07) is 12.3. The Labute approximate surface area is 150 Å². The van der Waals surface area contributed by atoms with Crippen LogP contribution in [0.5, 0.6) is 5.75 Å². The first-order valence-electron chi connectivity index (χ1n) is 7.94. The van der Waals surface area contributed by atoms with Crippen LogP contribution in [0.3, 0.4) is 0 Å². The summed E-state index contributed by atoms with van der Waals surface area (Å²) in [5.41, 5.74) is 2.65. The van der Waals surface area contributed by atoms with Crippen molar-refractivity contribution in [1.29, 1.82) is 0 Å². The highest BCUT2D eigenvalue weighted by Gasteiger charge is 2.13. The number of carbonyl (C=O) groups is 1. The smallest absolute Gasteiger partial charge is 0.257 e. The van der Waals surface area contributed by atoms with E-state index in [1.54, 1.807) is 32.4 Å². The first-order valence-corrected chi connectivity index (χ1v) is 7.94. The minimum atomic E-state index is -0.260. The van der Waals surface area contributed by atoms with Gasteiger partial charge in [-0.3, -0.25) is 4.79 Å². The minimum absolute atomic E-state index is 0.0487. The van der Waals surface area contributed by atoms with Crippen LogP contribution in [0.4, 0.5) is 5.69 Å². The number of rotatable bonds is 5. The Kier molecular flexibility index (Phi) is 5.07. The molecule has 0 atom stereocenters. The Morgan fingerprint density at radius 2 is 1.96 bits per heavy atom. The number of phenols is 1. The van der Waals surface area contributed by atoms with Crippen LogP contribution in [0.2, 0.25) is 0 Å². The van der Waals surface area contributed by atoms with Gasteiger partial charge in [0.05, 0.1) is 24.0 Å². The number of nitrogens with zero attached hydrogens (tertiary/aromatic N) is 4.